The van der Waals surface area contributed by atoms with Gasteiger partial charge in [0.05, 0.1) is 6.54 Å². The molecule has 0 spiro atoms. The summed E-state index contributed by atoms with van der Waals surface area (Å²) in [6.07, 6.45) is 2.11. The SMILES string of the molecule is CCN1CCC(NC(=O)CN)CC1. The fourth-order valence-corrected chi connectivity index (χ4v) is 1.68. The van der Waals surface area contributed by atoms with Gasteiger partial charge in [0.1, 0.15) is 0 Å². The lowest BCUT2D eigenvalue weighted by Crippen LogP contribution is -2.46. The molecule has 0 saturated carbocycles. The first kappa shape index (κ1) is 10.5. The predicted molar refractivity (Wildman–Crippen MR) is 52.3 cm³/mol. The summed E-state index contributed by atoms with van der Waals surface area (Å²) < 4.78 is 0. The number of carbonyl (C=O) groups is 1. The second kappa shape index (κ2) is 5.19. The molecular formula is C9H19N3O. The molecule has 1 fully saturated rings. The Labute approximate surface area is 79.5 Å². The molecule has 0 aromatic rings. The van der Waals surface area contributed by atoms with Gasteiger partial charge in [-0.15, -0.1) is 0 Å². The Morgan fingerprint density at radius 1 is 1.54 bits per heavy atom. The summed E-state index contributed by atoms with van der Waals surface area (Å²) in [7, 11) is 0. The number of amides is 1. The average molecular weight is 185 g/mol. The summed E-state index contributed by atoms with van der Waals surface area (Å²) >= 11 is 0. The van der Waals surface area contributed by atoms with Gasteiger partial charge in [-0.1, -0.05) is 6.92 Å². The Bertz CT molecular complexity index is 164. The number of nitrogens with zero attached hydrogens (tertiary/aromatic N) is 1. The number of nitrogens with one attached hydrogen (secondary N) is 1. The van der Waals surface area contributed by atoms with Gasteiger partial charge in [-0.3, -0.25) is 4.79 Å². The van der Waals surface area contributed by atoms with E-state index in [1.165, 1.54) is 0 Å². The van der Waals surface area contributed by atoms with Gasteiger partial charge in [0.25, 0.3) is 0 Å². The van der Waals surface area contributed by atoms with Gasteiger partial charge in [0.2, 0.25) is 5.91 Å². The van der Waals surface area contributed by atoms with Crippen LogP contribution in [0.4, 0.5) is 0 Å². The standard InChI is InChI=1S/C9H19N3O/c1-2-12-5-3-8(4-6-12)11-9(13)7-10/h8H,2-7,10H2,1H3,(H,11,13). The Morgan fingerprint density at radius 3 is 2.62 bits per heavy atom. The normalized spacial score (nSPS) is 20.2. The number of piperidine rings is 1. The van der Waals surface area contributed by atoms with Crippen molar-refractivity contribution in [1.82, 2.24) is 10.2 Å². The Balaban J connectivity index is 2.21. The molecule has 1 aliphatic heterocycles. The van der Waals surface area contributed by atoms with Crippen molar-refractivity contribution in [3.8, 4) is 0 Å². The highest BCUT2D eigenvalue weighted by molar-refractivity contribution is 5.78. The lowest BCUT2D eigenvalue weighted by molar-refractivity contribution is -0.120. The minimum Gasteiger partial charge on any atom is -0.352 e. The van der Waals surface area contributed by atoms with Crippen LogP contribution in [0.25, 0.3) is 0 Å². The summed E-state index contributed by atoms with van der Waals surface area (Å²) in [5.41, 5.74) is 5.22. The molecule has 13 heavy (non-hydrogen) atoms. The number of likely N-dealkylation sites (tertiary alicyclic amines) is 1. The van der Waals surface area contributed by atoms with Gasteiger partial charge in [-0.2, -0.15) is 0 Å². The van der Waals surface area contributed by atoms with Gasteiger partial charge in [-0.05, 0) is 19.4 Å². The molecule has 1 aliphatic rings. The Kier molecular flexibility index (Phi) is 4.18. The van der Waals surface area contributed by atoms with Crippen LogP contribution in [-0.2, 0) is 4.79 Å². The van der Waals surface area contributed by atoms with Gasteiger partial charge >= 0.3 is 0 Å². The molecule has 0 bridgehead atoms. The van der Waals surface area contributed by atoms with E-state index >= 15 is 0 Å². The Morgan fingerprint density at radius 2 is 2.15 bits per heavy atom. The maximum atomic E-state index is 11.0. The van der Waals surface area contributed by atoms with Crippen molar-refractivity contribution in [1.29, 1.82) is 0 Å². The van der Waals surface area contributed by atoms with E-state index in [-0.39, 0.29) is 12.5 Å². The third-order valence-electron chi connectivity index (χ3n) is 2.59. The van der Waals surface area contributed by atoms with E-state index in [1.54, 1.807) is 0 Å². The van der Waals surface area contributed by atoms with Crippen molar-refractivity contribution in [3.05, 3.63) is 0 Å². The van der Waals surface area contributed by atoms with Crippen molar-refractivity contribution >= 4 is 5.91 Å². The monoisotopic (exact) mass is 185 g/mol. The van der Waals surface area contributed by atoms with Gasteiger partial charge in [0, 0.05) is 19.1 Å². The van der Waals surface area contributed by atoms with Crippen LogP contribution in [0.1, 0.15) is 19.8 Å². The zero-order chi connectivity index (χ0) is 9.68. The number of rotatable bonds is 3. The molecule has 4 heteroatoms. The van der Waals surface area contributed by atoms with Crippen molar-refractivity contribution in [3.63, 3.8) is 0 Å². The van der Waals surface area contributed by atoms with Crippen molar-refractivity contribution in [2.75, 3.05) is 26.2 Å². The largest absolute Gasteiger partial charge is 0.352 e. The first-order chi connectivity index (χ1) is 6.26. The van der Waals surface area contributed by atoms with E-state index < -0.39 is 0 Å². The van der Waals surface area contributed by atoms with E-state index in [0.717, 1.165) is 32.5 Å². The highest BCUT2D eigenvalue weighted by atomic mass is 16.1. The maximum absolute atomic E-state index is 11.0. The van der Waals surface area contributed by atoms with E-state index in [1.807, 2.05) is 0 Å². The van der Waals surface area contributed by atoms with E-state index in [4.69, 9.17) is 5.73 Å². The second-order valence-electron chi connectivity index (χ2n) is 3.48. The summed E-state index contributed by atoms with van der Waals surface area (Å²) in [6.45, 7) is 5.56. The predicted octanol–water partition coefficient (Wildman–Crippen LogP) is -0.454. The van der Waals surface area contributed by atoms with Crippen molar-refractivity contribution < 1.29 is 4.79 Å². The number of nitrogens with two attached hydrogens (primary N) is 1. The minimum atomic E-state index is -0.0325. The smallest absolute Gasteiger partial charge is 0.233 e. The fraction of sp³-hybridized carbons (Fsp3) is 0.889. The molecule has 1 heterocycles. The molecule has 0 unspecified atom stereocenters. The quantitative estimate of drug-likeness (QED) is 0.626. The minimum absolute atomic E-state index is 0.0325. The van der Waals surface area contributed by atoms with Crippen molar-refractivity contribution in [2.24, 2.45) is 5.73 Å². The number of hydrogen-bond donors (Lipinski definition) is 2. The summed E-state index contributed by atoms with van der Waals surface area (Å²) in [5, 5.41) is 2.92. The zero-order valence-electron chi connectivity index (χ0n) is 8.25. The molecule has 0 aliphatic carbocycles. The first-order valence-electron chi connectivity index (χ1n) is 4.98. The Hall–Kier alpha value is -0.610. The third kappa shape index (κ3) is 3.32. The maximum Gasteiger partial charge on any atom is 0.233 e. The molecule has 3 N–H and O–H groups in total. The molecule has 1 rings (SSSR count). The number of hydrogen-bond acceptors (Lipinski definition) is 3. The van der Waals surface area contributed by atoms with E-state index in [2.05, 4.69) is 17.1 Å². The topological polar surface area (TPSA) is 58.4 Å². The average Bonchev–Trinajstić information content (AvgIpc) is 2.19. The fourth-order valence-electron chi connectivity index (χ4n) is 1.68. The van der Waals surface area contributed by atoms with E-state index in [9.17, 15) is 4.79 Å². The summed E-state index contributed by atoms with van der Waals surface area (Å²) in [5.74, 6) is -0.0325. The number of carbonyl (C=O) groups excluding carboxylic acids is 1. The van der Waals surface area contributed by atoms with Gasteiger partial charge in [-0.25, -0.2) is 0 Å². The lowest BCUT2D eigenvalue weighted by Gasteiger charge is -2.31. The van der Waals surface area contributed by atoms with Gasteiger partial charge < -0.3 is 16.0 Å². The van der Waals surface area contributed by atoms with Gasteiger partial charge in [0.15, 0.2) is 0 Å². The van der Waals surface area contributed by atoms with Crippen LogP contribution in [0.15, 0.2) is 0 Å². The van der Waals surface area contributed by atoms with E-state index in [0.29, 0.717) is 6.04 Å². The highest BCUT2D eigenvalue weighted by Gasteiger charge is 2.18. The van der Waals surface area contributed by atoms with Crippen LogP contribution in [0.3, 0.4) is 0 Å². The third-order valence-corrected chi connectivity index (χ3v) is 2.59. The molecule has 0 radical (unpaired) electrons. The van der Waals surface area contributed by atoms with Crippen LogP contribution >= 0.6 is 0 Å². The second-order valence-corrected chi connectivity index (χ2v) is 3.48. The molecule has 4 nitrogen and oxygen atoms in total. The van der Waals surface area contributed by atoms with Crippen LogP contribution in [0, 0.1) is 0 Å². The molecule has 1 saturated heterocycles. The molecule has 0 aromatic carbocycles. The summed E-state index contributed by atoms with van der Waals surface area (Å²) in [4.78, 5) is 13.4. The van der Waals surface area contributed by atoms with Crippen LogP contribution in [0.2, 0.25) is 0 Å². The van der Waals surface area contributed by atoms with Crippen LogP contribution in [-0.4, -0.2) is 43.0 Å². The zero-order valence-corrected chi connectivity index (χ0v) is 8.25. The highest BCUT2D eigenvalue weighted by Crippen LogP contribution is 2.09. The van der Waals surface area contributed by atoms with Crippen molar-refractivity contribution in [2.45, 2.75) is 25.8 Å². The molecule has 76 valence electrons. The molecule has 0 aromatic heterocycles. The lowest BCUT2D eigenvalue weighted by atomic mass is 10.1. The molecule has 1 amide bonds. The molecule has 0 atom stereocenters. The molecular weight excluding hydrogens is 166 g/mol. The van der Waals surface area contributed by atoms with Crippen LogP contribution < -0.4 is 11.1 Å². The van der Waals surface area contributed by atoms with Crippen LogP contribution in [0.5, 0.6) is 0 Å². The summed E-state index contributed by atoms with van der Waals surface area (Å²) in [6, 6.07) is 0.346. The first-order valence-corrected chi connectivity index (χ1v) is 4.98.